The van der Waals surface area contributed by atoms with Crippen molar-refractivity contribution in [1.82, 2.24) is 4.57 Å². The van der Waals surface area contributed by atoms with Crippen molar-refractivity contribution in [2.75, 3.05) is 5.32 Å². The van der Waals surface area contributed by atoms with Gasteiger partial charge in [-0.05, 0) is 31.5 Å². The molecule has 0 unspecified atom stereocenters. The van der Waals surface area contributed by atoms with Gasteiger partial charge in [0, 0.05) is 11.1 Å². The molecule has 4 nitrogen and oxygen atoms in total. The highest BCUT2D eigenvalue weighted by Crippen LogP contribution is 2.15. The molecule has 1 heterocycles. The van der Waals surface area contributed by atoms with E-state index in [0.717, 1.165) is 22.6 Å². The quantitative estimate of drug-likeness (QED) is 0.938. The van der Waals surface area contributed by atoms with Crippen LogP contribution < -0.4 is 10.2 Å². The van der Waals surface area contributed by atoms with Gasteiger partial charge in [-0.15, -0.1) is 0 Å². The molecule has 0 radical (unpaired) electrons. The van der Waals surface area contributed by atoms with Gasteiger partial charge in [-0.1, -0.05) is 17.4 Å². The number of rotatable bonds is 3. The minimum Gasteiger partial charge on any atom is -0.322 e. The first kappa shape index (κ1) is 13.5. The molecule has 0 fully saturated rings. The number of halogens is 1. The first-order valence-electron chi connectivity index (χ1n) is 5.68. The number of carbonyl (C=O) groups excluding carboxylic acids is 1. The SMILES string of the molecule is Cc1ccc(NC(=O)Cn2c(C)csc2=O)c(F)c1. The fourth-order valence-corrected chi connectivity index (χ4v) is 2.39. The Kier molecular flexibility index (Phi) is 3.80. The number of amides is 1. The van der Waals surface area contributed by atoms with Crippen LogP contribution in [0.15, 0.2) is 28.4 Å². The second-order valence-corrected chi connectivity index (χ2v) is 5.08. The number of hydrogen-bond acceptors (Lipinski definition) is 3. The van der Waals surface area contributed by atoms with Crippen molar-refractivity contribution in [2.45, 2.75) is 20.4 Å². The molecule has 100 valence electrons. The number of nitrogens with one attached hydrogen (secondary N) is 1. The minimum absolute atomic E-state index is 0.110. The third-order valence-corrected chi connectivity index (χ3v) is 3.56. The lowest BCUT2D eigenvalue weighted by atomic mass is 10.2. The minimum atomic E-state index is -0.484. The van der Waals surface area contributed by atoms with Crippen LogP contribution in [-0.4, -0.2) is 10.5 Å². The Morgan fingerprint density at radius 2 is 2.16 bits per heavy atom. The van der Waals surface area contributed by atoms with E-state index in [1.165, 1.54) is 16.7 Å². The summed E-state index contributed by atoms with van der Waals surface area (Å²) in [4.78, 5) is 23.1. The molecule has 0 saturated carbocycles. The summed E-state index contributed by atoms with van der Waals surface area (Å²) < 4.78 is 14.9. The third kappa shape index (κ3) is 3.08. The molecule has 0 aliphatic heterocycles. The molecule has 0 atom stereocenters. The van der Waals surface area contributed by atoms with E-state index >= 15 is 0 Å². The fraction of sp³-hybridized carbons (Fsp3) is 0.231. The number of aryl methyl sites for hydroxylation is 2. The van der Waals surface area contributed by atoms with E-state index in [0.29, 0.717) is 0 Å². The van der Waals surface area contributed by atoms with Gasteiger partial charge in [-0.3, -0.25) is 14.2 Å². The third-order valence-electron chi connectivity index (χ3n) is 2.68. The first-order chi connectivity index (χ1) is 8.97. The van der Waals surface area contributed by atoms with Gasteiger partial charge in [0.25, 0.3) is 0 Å². The number of nitrogens with zero attached hydrogens (tertiary/aromatic N) is 1. The van der Waals surface area contributed by atoms with E-state index in [4.69, 9.17) is 0 Å². The number of aromatic nitrogens is 1. The Morgan fingerprint density at radius 1 is 1.42 bits per heavy atom. The Hall–Kier alpha value is -1.95. The Morgan fingerprint density at radius 3 is 2.74 bits per heavy atom. The zero-order valence-corrected chi connectivity index (χ0v) is 11.4. The number of hydrogen-bond donors (Lipinski definition) is 1. The Labute approximate surface area is 113 Å². The monoisotopic (exact) mass is 280 g/mol. The molecule has 0 aliphatic rings. The Balaban J connectivity index is 2.12. The van der Waals surface area contributed by atoms with Crippen LogP contribution in [0.2, 0.25) is 0 Å². The van der Waals surface area contributed by atoms with Gasteiger partial charge in [0.2, 0.25) is 5.91 Å². The zero-order chi connectivity index (χ0) is 14.0. The van der Waals surface area contributed by atoms with Gasteiger partial charge in [-0.2, -0.15) is 0 Å². The van der Waals surface area contributed by atoms with Crippen LogP contribution in [0.4, 0.5) is 10.1 Å². The highest BCUT2D eigenvalue weighted by atomic mass is 32.1. The average Bonchev–Trinajstić information content (AvgIpc) is 2.65. The largest absolute Gasteiger partial charge is 0.322 e. The molecule has 1 aromatic carbocycles. The highest BCUT2D eigenvalue weighted by Gasteiger charge is 2.10. The van der Waals surface area contributed by atoms with Gasteiger partial charge < -0.3 is 5.32 Å². The average molecular weight is 280 g/mol. The summed E-state index contributed by atoms with van der Waals surface area (Å²) in [5, 5.41) is 4.14. The topological polar surface area (TPSA) is 51.1 Å². The molecule has 0 spiro atoms. The zero-order valence-electron chi connectivity index (χ0n) is 10.6. The van der Waals surface area contributed by atoms with E-state index in [2.05, 4.69) is 5.32 Å². The summed E-state index contributed by atoms with van der Waals surface area (Å²) in [7, 11) is 0. The number of benzene rings is 1. The number of anilines is 1. The van der Waals surface area contributed by atoms with Crippen LogP contribution in [0.25, 0.3) is 0 Å². The summed E-state index contributed by atoms with van der Waals surface area (Å²) in [6, 6.07) is 4.56. The summed E-state index contributed by atoms with van der Waals surface area (Å²) in [6.45, 7) is 3.40. The maximum atomic E-state index is 13.6. The van der Waals surface area contributed by atoms with E-state index in [-0.39, 0.29) is 17.1 Å². The lowest BCUT2D eigenvalue weighted by Crippen LogP contribution is -2.25. The summed E-state index contributed by atoms with van der Waals surface area (Å²) >= 11 is 1.04. The summed E-state index contributed by atoms with van der Waals surface area (Å²) in [5.74, 6) is -0.908. The molecule has 2 aromatic rings. The van der Waals surface area contributed by atoms with E-state index < -0.39 is 11.7 Å². The molecule has 1 amide bonds. The van der Waals surface area contributed by atoms with E-state index in [1.807, 2.05) is 0 Å². The predicted molar refractivity (Wildman–Crippen MR) is 73.1 cm³/mol. The van der Waals surface area contributed by atoms with Crippen LogP contribution in [0.1, 0.15) is 11.3 Å². The van der Waals surface area contributed by atoms with Crippen LogP contribution >= 0.6 is 11.3 Å². The number of carbonyl (C=O) groups is 1. The fourth-order valence-electron chi connectivity index (χ4n) is 1.65. The Bertz CT molecular complexity index is 676. The van der Waals surface area contributed by atoms with Crippen molar-refractivity contribution >= 4 is 22.9 Å². The molecular weight excluding hydrogens is 267 g/mol. The standard InChI is InChI=1S/C13H13FN2O2S/c1-8-3-4-11(10(14)5-8)15-12(17)6-16-9(2)7-19-13(16)18/h3-5,7H,6H2,1-2H3,(H,15,17). The summed E-state index contributed by atoms with van der Waals surface area (Å²) in [6.07, 6.45) is 0. The highest BCUT2D eigenvalue weighted by molar-refractivity contribution is 7.07. The molecule has 1 aromatic heterocycles. The van der Waals surface area contributed by atoms with Gasteiger partial charge in [0.15, 0.2) is 0 Å². The molecule has 0 bridgehead atoms. The molecule has 2 rings (SSSR count). The second kappa shape index (κ2) is 5.36. The van der Waals surface area contributed by atoms with Crippen LogP contribution in [-0.2, 0) is 11.3 Å². The van der Waals surface area contributed by atoms with Crippen molar-refractivity contribution in [2.24, 2.45) is 0 Å². The predicted octanol–water partition coefficient (Wildman–Crippen LogP) is 2.30. The smallest absolute Gasteiger partial charge is 0.307 e. The van der Waals surface area contributed by atoms with Crippen LogP contribution in [0, 0.1) is 19.7 Å². The molecule has 6 heteroatoms. The van der Waals surface area contributed by atoms with Gasteiger partial charge in [0.05, 0.1) is 5.69 Å². The van der Waals surface area contributed by atoms with E-state index in [9.17, 15) is 14.0 Å². The van der Waals surface area contributed by atoms with Crippen molar-refractivity contribution in [1.29, 1.82) is 0 Å². The van der Waals surface area contributed by atoms with Crippen molar-refractivity contribution in [3.05, 3.63) is 50.3 Å². The molecule has 0 aliphatic carbocycles. The van der Waals surface area contributed by atoms with Crippen molar-refractivity contribution < 1.29 is 9.18 Å². The normalized spacial score (nSPS) is 10.5. The lowest BCUT2D eigenvalue weighted by molar-refractivity contribution is -0.116. The van der Waals surface area contributed by atoms with Crippen LogP contribution in [0.5, 0.6) is 0 Å². The molecular formula is C13H13FN2O2S. The molecule has 19 heavy (non-hydrogen) atoms. The first-order valence-corrected chi connectivity index (χ1v) is 6.56. The molecule has 0 saturated heterocycles. The summed E-state index contributed by atoms with van der Waals surface area (Å²) in [5.41, 5.74) is 1.62. The van der Waals surface area contributed by atoms with Crippen molar-refractivity contribution in [3.8, 4) is 0 Å². The van der Waals surface area contributed by atoms with Crippen LogP contribution in [0.3, 0.4) is 0 Å². The maximum absolute atomic E-state index is 13.6. The van der Waals surface area contributed by atoms with Gasteiger partial charge >= 0.3 is 4.87 Å². The lowest BCUT2D eigenvalue weighted by Gasteiger charge is -2.08. The second-order valence-electron chi connectivity index (χ2n) is 4.26. The van der Waals surface area contributed by atoms with Gasteiger partial charge in [-0.25, -0.2) is 4.39 Å². The van der Waals surface area contributed by atoms with Gasteiger partial charge in [0.1, 0.15) is 12.4 Å². The van der Waals surface area contributed by atoms with Crippen molar-refractivity contribution in [3.63, 3.8) is 0 Å². The molecule has 1 N–H and O–H groups in total. The van der Waals surface area contributed by atoms with E-state index in [1.54, 1.807) is 25.3 Å². The maximum Gasteiger partial charge on any atom is 0.307 e. The number of thiazole rings is 1.